The van der Waals surface area contributed by atoms with E-state index in [-0.39, 0.29) is 23.0 Å². The molecule has 182 valence electrons. The van der Waals surface area contributed by atoms with E-state index in [1.165, 1.54) is 25.1 Å². The number of benzene rings is 1. The number of anilines is 1. The first-order chi connectivity index (χ1) is 16.4. The number of ether oxygens (including phenoxy) is 2. The fourth-order valence-corrected chi connectivity index (χ4v) is 5.37. The second-order valence-electron chi connectivity index (χ2n) is 8.28. The first-order valence-electron chi connectivity index (χ1n) is 11.1. The molecule has 2 fully saturated rings. The van der Waals surface area contributed by atoms with Crippen LogP contribution in [0.1, 0.15) is 30.9 Å². The van der Waals surface area contributed by atoms with Gasteiger partial charge in [-0.05, 0) is 31.9 Å². The molecule has 0 aliphatic carbocycles. The molecular weight excluding hydrogens is 467 g/mol. The highest BCUT2D eigenvalue weighted by molar-refractivity contribution is 7.91. The first kappa shape index (κ1) is 22.9. The van der Waals surface area contributed by atoms with Gasteiger partial charge in [-0.1, -0.05) is 17.3 Å². The zero-order valence-corrected chi connectivity index (χ0v) is 19.4. The lowest BCUT2D eigenvalue weighted by Crippen LogP contribution is -2.38. The summed E-state index contributed by atoms with van der Waals surface area (Å²) in [6.07, 6.45) is 1.63. The fourth-order valence-electron chi connectivity index (χ4n) is 4.08. The van der Waals surface area contributed by atoms with Gasteiger partial charge in [-0.25, -0.2) is 12.8 Å². The average molecular weight is 493 g/mol. The fraction of sp³-hybridized carbons (Fsp3) is 0.524. The maximum absolute atomic E-state index is 13.6. The molecule has 0 N–H and O–H groups in total. The van der Waals surface area contributed by atoms with E-state index in [2.05, 4.69) is 20.3 Å². The maximum atomic E-state index is 13.6. The van der Waals surface area contributed by atoms with Crippen molar-refractivity contribution in [3.63, 3.8) is 0 Å². The van der Waals surface area contributed by atoms with Crippen LogP contribution in [0.15, 0.2) is 33.9 Å². The Morgan fingerprint density at radius 2 is 2.03 bits per heavy atom. The molecule has 2 atom stereocenters. The molecule has 5 rings (SSSR count). The number of halogens is 1. The molecule has 13 heteroatoms. The van der Waals surface area contributed by atoms with Crippen LogP contribution in [-0.2, 0) is 25.9 Å². The molecule has 3 aromatic rings. The summed E-state index contributed by atoms with van der Waals surface area (Å²) in [6, 6.07) is 5.68. The van der Waals surface area contributed by atoms with E-state index in [0.717, 1.165) is 12.8 Å². The molecule has 0 bridgehead atoms. The van der Waals surface area contributed by atoms with E-state index in [1.54, 1.807) is 10.6 Å². The van der Waals surface area contributed by atoms with Gasteiger partial charge < -0.3 is 18.9 Å². The normalized spacial score (nSPS) is 20.1. The summed E-state index contributed by atoms with van der Waals surface area (Å²) in [5, 5.41) is 10.8. The maximum Gasteiger partial charge on any atom is 0.252 e. The molecule has 0 spiro atoms. The molecule has 2 aliphatic heterocycles. The Labute approximate surface area is 195 Å². The Kier molecular flexibility index (Phi) is 6.32. The summed E-state index contributed by atoms with van der Waals surface area (Å²) < 4.78 is 58.9. The quantitative estimate of drug-likeness (QED) is 0.483. The summed E-state index contributed by atoms with van der Waals surface area (Å²) in [6.45, 7) is 4.63. The van der Waals surface area contributed by atoms with Crippen LogP contribution in [-0.4, -0.2) is 72.3 Å². The third kappa shape index (κ3) is 4.42. The third-order valence-corrected chi connectivity index (χ3v) is 7.94. The molecule has 11 nitrogen and oxygen atoms in total. The lowest BCUT2D eigenvalue weighted by Gasteiger charge is -2.28. The van der Waals surface area contributed by atoms with E-state index in [0.29, 0.717) is 51.0 Å². The predicted molar refractivity (Wildman–Crippen MR) is 117 cm³/mol. The Morgan fingerprint density at radius 3 is 2.76 bits per heavy atom. The van der Waals surface area contributed by atoms with E-state index in [1.807, 2.05) is 4.90 Å². The Morgan fingerprint density at radius 1 is 1.21 bits per heavy atom. The monoisotopic (exact) mass is 492 g/mol. The van der Waals surface area contributed by atoms with Crippen molar-refractivity contribution < 1.29 is 26.8 Å². The van der Waals surface area contributed by atoms with Gasteiger partial charge >= 0.3 is 0 Å². The minimum atomic E-state index is -4.05. The number of aromatic nitrogens is 5. The zero-order valence-electron chi connectivity index (χ0n) is 18.6. The molecule has 0 amide bonds. The van der Waals surface area contributed by atoms with Crippen molar-refractivity contribution in [2.24, 2.45) is 0 Å². The van der Waals surface area contributed by atoms with Crippen LogP contribution in [0.25, 0.3) is 11.4 Å². The van der Waals surface area contributed by atoms with Crippen LogP contribution in [0, 0.1) is 5.82 Å². The SMILES string of the molecule is CC(c1nc(-c2cccc(F)c2)no1)S(=O)(=O)c1nnc(N2CCOCC2)n1CC1CCCO1. The Balaban J connectivity index is 1.47. The van der Waals surface area contributed by atoms with E-state index >= 15 is 0 Å². The first-order valence-corrected chi connectivity index (χ1v) is 12.7. The van der Waals surface area contributed by atoms with E-state index in [9.17, 15) is 12.8 Å². The van der Waals surface area contributed by atoms with Crippen molar-refractivity contribution in [1.29, 1.82) is 0 Å². The largest absolute Gasteiger partial charge is 0.378 e. The molecule has 4 heterocycles. The van der Waals surface area contributed by atoms with Crippen LogP contribution < -0.4 is 4.90 Å². The van der Waals surface area contributed by atoms with Gasteiger partial charge in [0.25, 0.3) is 5.16 Å². The molecule has 2 unspecified atom stereocenters. The van der Waals surface area contributed by atoms with Gasteiger partial charge in [-0.2, -0.15) is 4.98 Å². The summed E-state index contributed by atoms with van der Waals surface area (Å²) in [5.41, 5.74) is 0.385. The number of sulfone groups is 1. The third-order valence-electron chi connectivity index (χ3n) is 5.99. The molecule has 2 saturated heterocycles. The van der Waals surface area contributed by atoms with Crippen LogP contribution in [0.4, 0.5) is 10.3 Å². The molecule has 1 aromatic carbocycles. The molecular formula is C21H25FN6O5S. The molecule has 0 saturated carbocycles. The number of rotatable bonds is 7. The standard InChI is InChI=1S/C21H25FN6O5S/c1-14(19-23-18(26-33-19)15-4-2-5-16(22)12-15)34(29,30)21-25-24-20(27-7-10-31-11-8-27)28(21)13-17-6-3-9-32-17/h2,4-5,12,14,17H,3,6-11,13H2,1H3. The Hall–Kier alpha value is -2.90. The number of morpholine rings is 1. The van der Waals surface area contributed by atoms with Gasteiger partial charge in [-0.15, -0.1) is 10.2 Å². The predicted octanol–water partition coefficient (Wildman–Crippen LogP) is 2.02. The van der Waals surface area contributed by atoms with Gasteiger partial charge in [0.05, 0.1) is 25.9 Å². The van der Waals surface area contributed by atoms with Crippen molar-refractivity contribution in [2.75, 3.05) is 37.8 Å². The molecule has 0 radical (unpaired) electrons. The molecule has 2 aliphatic rings. The van der Waals surface area contributed by atoms with Crippen molar-refractivity contribution in [2.45, 2.75) is 42.8 Å². The van der Waals surface area contributed by atoms with Gasteiger partial charge in [0, 0.05) is 25.3 Å². The number of hydrogen-bond donors (Lipinski definition) is 0. The number of nitrogens with zero attached hydrogens (tertiary/aromatic N) is 6. The molecule has 34 heavy (non-hydrogen) atoms. The Bertz CT molecular complexity index is 1250. The second-order valence-corrected chi connectivity index (χ2v) is 10.4. The van der Waals surface area contributed by atoms with Crippen LogP contribution in [0.2, 0.25) is 0 Å². The van der Waals surface area contributed by atoms with E-state index in [4.69, 9.17) is 14.0 Å². The highest BCUT2D eigenvalue weighted by Crippen LogP contribution is 2.31. The topological polar surface area (TPSA) is 125 Å². The van der Waals surface area contributed by atoms with Gasteiger partial charge in [0.1, 0.15) is 11.1 Å². The highest BCUT2D eigenvalue weighted by atomic mass is 32.2. The summed E-state index contributed by atoms with van der Waals surface area (Å²) in [4.78, 5) is 6.17. The summed E-state index contributed by atoms with van der Waals surface area (Å²) >= 11 is 0. The smallest absolute Gasteiger partial charge is 0.252 e. The highest BCUT2D eigenvalue weighted by Gasteiger charge is 2.37. The summed E-state index contributed by atoms with van der Waals surface area (Å²) in [5.74, 6) is 0.00294. The zero-order chi connectivity index (χ0) is 23.7. The lowest BCUT2D eigenvalue weighted by atomic mass is 10.2. The van der Waals surface area contributed by atoms with Crippen molar-refractivity contribution in [1.82, 2.24) is 24.9 Å². The second kappa shape index (κ2) is 9.39. The van der Waals surface area contributed by atoms with Crippen molar-refractivity contribution in [3.05, 3.63) is 36.0 Å². The minimum Gasteiger partial charge on any atom is -0.378 e. The summed E-state index contributed by atoms with van der Waals surface area (Å²) in [7, 11) is -4.05. The number of hydrogen-bond acceptors (Lipinski definition) is 10. The van der Waals surface area contributed by atoms with Crippen LogP contribution in [0.5, 0.6) is 0 Å². The van der Waals surface area contributed by atoms with Gasteiger partial charge in [0.2, 0.25) is 27.5 Å². The van der Waals surface area contributed by atoms with Crippen molar-refractivity contribution in [3.8, 4) is 11.4 Å². The lowest BCUT2D eigenvalue weighted by molar-refractivity contribution is 0.0940. The van der Waals surface area contributed by atoms with Gasteiger partial charge in [0.15, 0.2) is 0 Å². The minimum absolute atomic E-state index is 0.103. The van der Waals surface area contributed by atoms with Crippen molar-refractivity contribution >= 4 is 15.8 Å². The van der Waals surface area contributed by atoms with Crippen LogP contribution >= 0.6 is 0 Å². The van der Waals surface area contributed by atoms with Crippen LogP contribution in [0.3, 0.4) is 0 Å². The molecule has 2 aromatic heterocycles. The average Bonchev–Trinajstić information content (AvgIpc) is 3.61. The van der Waals surface area contributed by atoms with Gasteiger partial charge in [-0.3, -0.25) is 4.57 Å². The van der Waals surface area contributed by atoms with E-state index < -0.39 is 20.9 Å².